The van der Waals surface area contributed by atoms with Gasteiger partial charge in [-0.05, 0) is 37.8 Å². The second kappa shape index (κ2) is 7.96. The maximum Gasteiger partial charge on any atom is 0.278 e. The molecule has 0 aliphatic heterocycles. The summed E-state index contributed by atoms with van der Waals surface area (Å²) in [5.41, 5.74) is 0. The zero-order chi connectivity index (χ0) is 18.6. The number of sulfonamides is 1. The molecule has 26 heavy (non-hydrogen) atoms. The number of rotatable bonds is 6. The minimum atomic E-state index is -3.89. The van der Waals surface area contributed by atoms with E-state index in [-0.39, 0.29) is 17.0 Å². The number of nitrogens with zero attached hydrogens (tertiary/aromatic N) is 2. The predicted molar refractivity (Wildman–Crippen MR) is 92.0 cm³/mol. The highest BCUT2D eigenvalue weighted by Gasteiger charge is 2.28. The van der Waals surface area contributed by atoms with Gasteiger partial charge in [0.25, 0.3) is 11.8 Å². The molecule has 3 rings (SSSR count). The molecule has 0 bridgehead atoms. The van der Waals surface area contributed by atoms with E-state index in [9.17, 15) is 12.8 Å². The lowest BCUT2D eigenvalue weighted by Crippen LogP contribution is -2.40. The lowest BCUT2D eigenvalue weighted by atomic mass is 9.94. The molecular formula is C17H20FN3O4S. The smallest absolute Gasteiger partial charge is 0.278 e. The van der Waals surface area contributed by atoms with E-state index in [0.29, 0.717) is 37.4 Å². The van der Waals surface area contributed by atoms with Crippen LogP contribution in [-0.2, 0) is 10.0 Å². The third-order valence-electron chi connectivity index (χ3n) is 4.23. The normalized spacial score (nSPS) is 20.5. The zero-order valence-electron chi connectivity index (χ0n) is 14.3. The highest BCUT2D eigenvalue weighted by atomic mass is 32.2. The van der Waals surface area contributed by atoms with Crippen molar-refractivity contribution in [2.24, 2.45) is 0 Å². The van der Waals surface area contributed by atoms with Gasteiger partial charge < -0.3 is 9.47 Å². The molecule has 1 fully saturated rings. The Morgan fingerprint density at radius 2 is 1.73 bits per heavy atom. The number of methoxy groups -OCH3 is 1. The lowest BCUT2D eigenvalue weighted by Gasteiger charge is -2.29. The summed E-state index contributed by atoms with van der Waals surface area (Å²) >= 11 is 0. The van der Waals surface area contributed by atoms with Crippen molar-refractivity contribution in [3.63, 3.8) is 0 Å². The number of hydrogen-bond acceptors (Lipinski definition) is 6. The van der Waals surface area contributed by atoms with Gasteiger partial charge in [-0.1, -0.05) is 12.1 Å². The van der Waals surface area contributed by atoms with Crippen LogP contribution in [0.25, 0.3) is 0 Å². The molecule has 1 saturated carbocycles. The Hall–Kier alpha value is -2.26. The zero-order valence-corrected chi connectivity index (χ0v) is 15.1. The molecule has 1 aromatic carbocycles. The molecular weight excluding hydrogens is 361 g/mol. The van der Waals surface area contributed by atoms with E-state index in [1.807, 2.05) is 0 Å². The first kappa shape index (κ1) is 18.5. The minimum absolute atomic E-state index is 0.102. The second-order valence-electron chi connectivity index (χ2n) is 6.01. The third kappa shape index (κ3) is 4.28. The summed E-state index contributed by atoms with van der Waals surface area (Å²) in [6.07, 6.45) is 5.39. The number of halogens is 1. The van der Waals surface area contributed by atoms with Gasteiger partial charge in [0, 0.05) is 18.4 Å². The van der Waals surface area contributed by atoms with Crippen LogP contribution in [0.3, 0.4) is 0 Å². The Bertz CT molecular complexity index is 855. The molecule has 2 aromatic rings. The first-order chi connectivity index (χ1) is 12.5. The van der Waals surface area contributed by atoms with Crippen LogP contribution in [0.1, 0.15) is 25.7 Å². The Morgan fingerprint density at radius 1 is 1.08 bits per heavy atom. The van der Waals surface area contributed by atoms with Crippen LogP contribution >= 0.6 is 0 Å². The average Bonchev–Trinajstić information content (AvgIpc) is 2.64. The molecule has 0 radical (unpaired) electrons. The van der Waals surface area contributed by atoms with Crippen molar-refractivity contribution >= 4 is 10.0 Å². The topological polar surface area (TPSA) is 90.4 Å². The molecule has 0 atom stereocenters. The van der Waals surface area contributed by atoms with E-state index in [1.54, 1.807) is 0 Å². The van der Waals surface area contributed by atoms with E-state index < -0.39 is 15.8 Å². The number of aromatic nitrogens is 2. The fourth-order valence-corrected chi connectivity index (χ4v) is 4.32. The van der Waals surface area contributed by atoms with E-state index in [1.165, 1.54) is 37.7 Å². The van der Waals surface area contributed by atoms with Crippen molar-refractivity contribution in [1.29, 1.82) is 0 Å². The lowest BCUT2D eigenvalue weighted by molar-refractivity contribution is 0.132. The summed E-state index contributed by atoms with van der Waals surface area (Å²) in [4.78, 5) is 7.81. The van der Waals surface area contributed by atoms with Gasteiger partial charge in [0.05, 0.1) is 7.11 Å². The molecule has 0 unspecified atom stereocenters. The third-order valence-corrected chi connectivity index (χ3v) is 5.78. The van der Waals surface area contributed by atoms with Crippen LogP contribution in [0.2, 0.25) is 0 Å². The SMILES string of the molecule is COc1nccnc1OC1CCC(NS(=O)(=O)c2ccccc2F)CC1. The molecule has 140 valence electrons. The fourth-order valence-electron chi connectivity index (χ4n) is 2.94. The first-order valence-electron chi connectivity index (χ1n) is 8.28. The van der Waals surface area contributed by atoms with Crippen molar-refractivity contribution in [2.45, 2.75) is 42.7 Å². The van der Waals surface area contributed by atoms with Crippen molar-refractivity contribution in [2.75, 3.05) is 7.11 Å². The molecule has 0 saturated heterocycles. The number of ether oxygens (including phenoxy) is 2. The Balaban J connectivity index is 1.58. The van der Waals surface area contributed by atoms with Gasteiger partial charge >= 0.3 is 0 Å². The monoisotopic (exact) mass is 381 g/mol. The van der Waals surface area contributed by atoms with Gasteiger partial charge in [0.15, 0.2) is 0 Å². The van der Waals surface area contributed by atoms with E-state index >= 15 is 0 Å². The second-order valence-corrected chi connectivity index (χ2v) is 7.70. The summed E-state index contributed by atoms with van der Waals surface area (Å²) in [5.74, 6) is -0.118. The Kier molecular flexibility index (Phi) is 5.67. The predicted octanol–water partition coefficient (Wildman–Crippen LogP) is 2.29. The Morgan fingerprint density at radius 3 is 2.38 bits per heavy atom. The van der Waals surface area contributed by atoms with E-state index in [2.05, 4.69) is 14.7 Å². The van der Waals surface area contributed by atoms with Gasteiger partial charge in [0.2, 0.25) is 10.0 Å². The molecule has 1 N–H and O–H groups in total. The number of benzene rings is 1. The number of nitrogens with one attached hydrogen (secondary N) is 1. The quantitative estimate of drug-likeness (QED) is 0.826. The standard InChI is InChI=1S/C17H20FN3O4S/c1-24-16-17(20-11-10-19-16)25-13-8-6-12(7-9-13)21-26(22,23)15-5-3-2-4-14(15)18/h2-5,10-13,21H,6-9H2,1H3. The van der Waals surface area contributed by atoms with E-state index in [4.69, 9.17) is 9.47 Å². The van der Waals surface area contributed by atoms with Crippen molar-refractivity contribution < 1.29 is 22.3 Å². The summed E-state index contributed by atoms with van der Waals surface area (Å²) in [7, 11) is -2.39. The van der Waals surface area contributed by atoms with Crippen molar-refractivity contribution in [1.82, 2.24) is 14.7 Å². The van der Waals surface area contributed by atoms with Crippen molar-refractivity contribution in [3.8, 4) is 11.8 Å². The average molecular weight is 381 g/mol. The maximum atomic E-state index is 13.8. The largest absolute Gasteiger partial charge is 0.477 e. The molecule has 1 aliphatic rings. The van der Waals surface area contributed by atoms with Crippen molar-refractivity contribution in [3.05, 3.63) is 42.5 Å². The van der Waals surface area contributed by atoms with Crippen LogP contribution in [0.15, 0.2) is 41.6 Å². The van der Waals surface area contributed by atoms with Gasteiger partial charge in [-0.2, -0.15) is 0 Å². The van der Waals surface area contributed by atoms with Crippen LogP contribution in [-0.4, -0.2) is 37.6 Å². The van der Waals surface area contributed by atoms with Crippen LogP contribution in [0.4, 0.5) is 4.39 Å². The number of hydrogen-bond donors (Lipinski definition) is 1. The van der Waals surface area contributed by atoms with Crippen LogP contribution in [0.5, 0.6) is 11.8 Å². The molecule has 9 heteroatoms. The highest BCUT2D eigenvalue weighted by molar-refractivity contribution is 7.89. The Labute approximate surface area is 151 Å². The van der Waals surface area contributed by atoms with Crippen LogP contribution < -0.4 is 14.2 Å². The van der Waals surface area contributed by atoms with Gasteiger partial charge in [-0.3, -0.25) is 0 Å². The van der Waals surface area contributed by atoms with Crippen LogP contribution in [0, 0.1) is 5.82 Å². The highest BCUT2D eigenvalue weighted by Crippen LogP contribution is 2.28. The van der Waals surface area contributed by atoms with Gasteiger partial charge in [0.1, 0.15) is 16.8 Å². The maximum absolute atomic E-state index is 13.8. The van der Waals surface area contributed by atoms with Gasteiger partial charge in [-0.25, -0.2) is 27.5 Å². The molecule has 1 aromatic heterocycles. The van der Waals surface area contributed by atoms with E-state index in [0.717, 1.165) is 6.07 Å². The summed E-state index contributed by atoms with van der Waals surface area (Å²) in [6.45, 7) is 0. The molecule has 0 spiro atoms. The summed E-state index contributed by atoms with van der Waals surface area (Å²) in [6, 6.07) is 5.08. The molecule has 1 aliphatic carbocycles. The van der Waals surface area contributed by atoms with Gasteiger partial charge in [-0.15, -0.1) is 0 Å². The summed E-state index contributed by atoms with van der Waals surface area (Å²) in [5, 5.41) is 0. The molecule has 7 nitrogen and oxygen atoms in total. The fraction of sp³-hybridized carbons (Fsp3) is 0.412. The molecule has 0 amide bonds. The molecule has 1 heterocycles. The first-order valence-corrected chi connectivity index (χ1v) is 9.76. The minimum Gasteiger partial charge on any atom is -0.477 e. The summed E-state index contributed by atoms with van der Waals surface area (Å²) < 4.78 is 52.0.